The lowest BCUT2D eigenvalue weighted by atomic mass is 10.1. The van der Waals surface area contributed by atoms with E-state index >= 15 is 0 Å². The second-order valence-corrected chi connectivity index (χ2v) is 5.88. The lowest BCUT2D eigenvalue weighted by molar-refractivity contribution is -0.104. The fraction of sp³-hybridized carbons (Fsp3) is 0.684. The number of halogens is 1. The molecule has 4 nitrogen and oxygen atoms in total. The molecule has 0 saturated heterocycles. The Morgan fingerprint density at radius 1 is 1.00 bits per heavy atom. The summed E-state index contributed by atoms with van der Waals surface area (Å²) in [5, 5.41) is 9.93. The van der Waals surface area contributed by atoms with Gasteiger partial charge in [0.2, 0.25) is 0 Å². The zero-order valence-corrected chi connectivity index (χ0v) is 14.9. The van der Waals surface area contributed by atoms with Crippen LogP contribution >= 0.6 is 0 Å². The van der Waals surface area contributed by atoms with E-state index in [0.717, 1.165) is 25.7 Å². The molecule has 0 amide bonds. The van der Waals surface area contributed by atoms with Gasteiger partial charge in [-0.05, 0) is 31.4 Å². The molecule has 24 heavy (non-hydrogen) atoms. The van der Waals surface area contributed by atoms with Crippen LogP contribution in [0, 0.1) is 5.82 Å². The molecule has 0 bridgehead atoms. The number of unbranched alkanes of at least 4 members (excludes halogenated alkanes) is 5. The van der Waals surface area contributed by atoms with Gasteiger partial charge in [-0.15, -0.1) is 0 Å². The first-order chi connectivity index (χ1) is 11.7. The number of aliphatic hydroxyl groups is 1. The highest BCUT2D eigenvalue weighted by atomic mass is 19.1. The number of ether oxygens (including phenoxy) is 3. The zero-order chi connectivity index (χ0) is 17.6. The Kier molecular flexibility index (Phi) is 11.4. The molecule has 0 aromatic heterocycles. The average Bonchev–Trinajstić information content (AvgIpc) is 2.58. The van der Waals surface area contributed by atoms with Crippen LogP contribution in [0.25, 0.3) is 0 Å². The topological polar surface area (TPSA) is 47.9 Å². The first kappa shape index (κ1) is 20.9. The second kappa shape index (κ2) is 13.2. The van der Waals surface area contributed by atoms with E-state index in [2.05, 4.69) is 6.92 Å². The van der Waals surface area contributed by atoms with E-state index < -0.39 is 12.1 Å². The lowest BCUT2D eigenvalue weighted by Crippen LogP contribution is -2.06. The Balaban J connectivity index is 2.32. The molecule has 0 heterocycles. The van der Waals surface area contributed by atoms with Crippen molar-refractivity contribution in [2.45, 2.75) is 58.2 Å². The van der Waals surface area contributed by atoms with E-state index in [4.69, 9.17) is 14.2 Å². The summed E-state index contributed by atoms with van der Waals surface area (Å²) in [6, 6.07) is 4.45. The van der Waals surface area contributed by atoms with Gasteiger partial charge in [0.25, 0.3) is 0 Å². The largest absolute Gasteiger partial charge is 0.491 e. The van der Waals surface area contributed by atoms with E-state index in [-0.39, 0.29) is 5.75 Å². The smallest absolute Gasteiger partial charge is 0.181 e. The summed E-state index contributed by atoms with van der Waals surface area (Å²) in [6.45, 7) is 3.75. The molecule has 0 spiro atoms. The number of hydrogen-bond acceptors (Lipinski definition) is 4. The Hall–Kier alpha value is -1.17. The molecule has 0 radical (unpaired) electrons. The van der Waals surface area contributed by atoms with Crippen molar-refractivity contribution in [2.24, 2.45) is 0 Å². The van der Waals surface area contributed by atoms with Crippen LogP contribution in [0.5, 0.6) is 5.75 Å². The van der Waals surface area contributed by atoms with Crippen molar-refractivity contribution in [3.05, 3.63) is 29.6 Å². The molecule has 0 aliphatic heterocycles. The van der Waals surface area contributed by atoms with Gasteiger partial charge in [0, 0.05) is 19.3 Å². The van der Waals surface area contributed by atoms with Gasteiger partial charge in [0.1, 0.15) is 0 Å². The summed E-state index contributed by atoms with van der Waals surface area (Å²) in [7, 11) is 1.65. The Morgan fingerprint density at radius 2 is 1.71 bits per heavy atom. The molecular weight excluding hydrogens is 311 g/mol. The Bertz CT molecular complexity index is 439. The molecule has 138 valence electrons. The molecule has 0 saturated carbocycles. The SMILES string of the molecule is CCCCCCCOc1ccc(C(O)OCCCCOC)cc1F. The Morgan fingerprint density at radius 3 is 2.42 bits per heavy atom. The van der Waals surface area contributed by atoms with E-state index in [1.54, 1.807) is 19.2 Å². The minimum absolute atomic E-state index is 0.224. The van der Waals surface area contributed by atoms with Gasteiger partial charge in [-0.1, -0.05) is 38.7 Å². The minimum Gasteiger partial charge on any atom is -0.491 e. The minimum atomic E-state index is -1.12. The predicted molar refractivity (Wildman–Crippen MR) is 92.7 cm³/mol. The predicted octanol–water partition coefficient (Wildman–Crippen LogP) is 4.61. The van der Waals surface area contributed by atoms with Gasteiger partial charge in [-0.25, -0.2) is 4.39 Å². The van der Waals surface area contributed by atoms with E-state index in [1.807, 2.05) is 0 Å². The first-order valence-electron chi connectivity index (χ1n) is 8.90. The van der Waals surface area contributed by atoms with Gasteiger partial charge in [0.15, 0.2) is 17.9 Å². The van der Waals surface area contributed by atoms with Crippen molar-refractivity contribution in [3.8, 4) is 5.75 Å². The molecule has 0 aliphatic rings. The summed E-state index contributed by atoms with van der Waals surface area (Å²) in [5.74, 6) is -0.246. The molecule has 1 rings (SSSR count). The maximum Gasteiger partial charge on any atom is 0.181 e. The molecule has 1 N–H and O–H groups in total. The molecular formula is C19H31FO4. The lowest BCUT2D eigenvalue weighted by Gasteiger charge is -2.14. The van der Waals surface area contributed by atoms with Crippen molar-refractivity contribution in [3.63, 3.8) is 0 Å². The standard InChI is InChI=1S/C19H31FO4/c1-3-4-5-6-7-13-23-18-11-10-16(15-17(18)20)19(21)24-14-9-8-12-22-2/h10-11,15,19,21H,3-9,12-14H2,1-2H3. The van der Waals surface area contributed by atoms with Crippen molar-refractivity contribution in [1.29, 1.82) is 0 Å². The third-order valence-corrected chi connectivity index (χ3v) is 3.77. The molecule has 0 aliphatic carbocycles. The fourth-order valence-corrected chi connectivity index (χ4v) is 2.32. The third-order valence-electron chi connectivity index (χ3n) is 3.77. The van der Waals surface area contributed by atoms with Crippen LogP contribution in [0.15, 0.2) is 18.2 Å². The van der Waals surface area contributed by atoms with Crippen LogP contribution in [0.3, 0.4) is 0 Å². The molecule has 0 fully saturated rings. The van der Waals surface area contributed by atoms with E-state index in [1.165, 1.54) is 25.3 Å². The van der Waals surface area contributed by atoms with Crippen LogP contribution in [-0.2, 0) is 9.47 Å². The summed E-state index contributed by atoms with van der Waals surface area (Å²) in [6.07, 6.45) is 6.17. The maximum atomic E-state index is 14.0. The fourth-order valence-electron chi connectivity index (χ4n) is 2.32. The molecule has 1 aromatic carbocycles. The van der Waals surface area contributed by atoms with Crippen LogP contribution in [-0.4, -0.2) is 32.0 Å². The summed E-state index contributed by atoms with van der Waals surface area (Å²) < 4.78 is 29.7. The van der Waals surface area contributed by atoms with Crippen LogP contribution < -0.4 is 4.74 Å². The molecule has 1 atom stereocenters. The van der Waals surface area contributed by atoms with Gasteiger partial charge >= 0.3 is 0 Å². The average molecular weight is 342 g/mol. The molecule has 5 heteroatoms. The summed E-state index contributed by atoms with van der Waals surface area (Å²) in [4.78, 5) is 0. The van der Waals surface area contributed by atoms with E-state index in [9.17, 15) is 9.50 Å². The number of methoxy groups -OCH3 is 1. The van der Waals surface area contributed by atoms with Crippen LogP contribution in [0.1, 0.15) is 63.7 Å². The van der Waals surface area contributed by atoms with Crippen molar-refractivity contribution < 1.29 is 23.7 Å². The molecule has 1 unspecified atom stereocenters. The van der Waals surface area contributed by atoms with Gasteiger partial charge in [-0.3, -0.25) is 0 Å². The zero-order valence-electron chi connectivity index (χ0n) is 14.9. The third kappa shape index (κ3) is 8.62. The normalized spacial score (nSPS) is 12.3. The van der Waals surface area contributed by atoms with E-state index in [0.29, 0.717) is 25.4 Å². The number of aliphatic hydroxyl groups excluding tert-OH is 1. The highest BCUT2D eigenvalue weighted by molar-refractivity contribution is 5.29. The summed E-state index contributed by atoms with van der Waals surface area (Å²) in [5.41, 5.74) is 0.398. The first-order valence-corrected chi connectivity index (χ1v) is 8.90. The highest BCUT2D eigenvalue weighted by Crippen LogP contribution is 2.23. The van der Waals surface area contributed by atoms with Gasteiger partial charge in [0.05, 0.1) is 13.2 Å². The van der Waals surface area contributed by atoms with Crippen LogP contribution in [0.2, 0.25) is 0 Å². The highest BCUT2D eigenvalue weighted by Gasteiger charge is 2.12. The maximum absolute atomic E-state index is 14.0. The van der Waals surface area contributed by atoms with Gasteiger partial charge < -0.3 is 19.3 Å². The summed E-state index contributed by atoms with van der Waals surface area (Å²) >= 11 is 0. The monoisotopic (exact) mass is 342 g/mol. The molecule has 1 aromatic rings. The Labute approximate surface area is 144 Å². The number of benzene rings is 1. The second-order valence-electron chi connectivity index (χ2n) is 5.88. The van der Waals surface area contributed by atoms with Crippen molar-refractivity contribution in [1.82, 2.24) is 0 Å². The van der Waals surface area contributed by atoms with Crippen molar-refractivity contribution in [2.75, 3.05) is 26.9 Å². The number of rotatable bonds is 14. The quantitative estimate of drug-likeness (QED) is 0.396. The number of hydrogen-bond donors (Lipinski definition) is 1. The van der Waals surface area contributed by atoms with Crippen molar-refractivity contribution >= 4 is 0 Å². The van der Waals surface area contributed by atoms with Crippen LogP contribution in [0.4, 0.5) is 4.39 Å². The van der Waals surface area contributed by atoms with Gasteiger partial charge in [-0.2, -0.15) is 0 Å².